The topological polar surface area (TPSA) is 50.5 Å². The summed E-state index contributed by atoms with van der Waals surface area (Å²) in [5, 5.41) is 5.86. The second kappa shape index (κ2) is 5.26. The van der Waals surface area contributed by atoms with Crippen LogP contribution in [-0.2, 0) is 4.79 Å². The van der Waals surface area contributed by atoms with Crippen LogP contribution in [0.2, 0.25) is 0 Å². The summed E-state index contributed by atoms with van der Waals surface area (Å²) >= 11 is 0. The molecule has 1 amide bonds. The molecule has 0 N–H and O–H groups in total. The quantitative estimate of drug-likeness (QED) is 0.799. The van der Waals surface area contributed by atoms with Gasteiger partial charge in [-0.05, 0) is 51.0 Å². The molecular formula is C17H18N4O. The lowest BCUT2D eigenvalue weighted by atomic mass is 10.1. The molecule has 5 heteroatoms. The van der Waals surface area contributed by atoms with Gasteiger partial charge in [0.2, 0.25) is 0 Å². The van der Waals surface area contributed by atoms with Crippen LogP contribution in [0.5, 0.6) is 0 Å². The van der Waals surface area contributed by atoms with Crippen LogP contribution in [0.4, 0.5) is 5.69 Å². The van der Waals surface area contributed by atoms with Gasteiger partial charge in [-0.15, -0.1) is 0 Å². The van der Waals surface area contributed by atoms with Crippen molar-refractivity contribution in [2.45, 2.75) is 27.7 Å². The number of nitrogens with zero attached hydrogens (tertiary/aromatic N) is 4. The van der Waals surface area contributed by atoms with E-state index in [1.54, 1.807) is 12.4 Å². The Labute approximate surface area is 129 Å². The van der Waals surface area contributed by atoms with Gasteiger partial charge in [0, 0.05) is 18.6 Å². The van der Waals surface area contributed by atoms with E-state index in [9.17, 15) is 4.79 Å². The Morgan fingerprint density at radius 1 is 1.09 bits per heavy atom. The molecule has 0 radical (unpaired) electrons. The lowest BCUT2D eigenvalue weighted by Crippen LogP contribution is -2.21. The minimum absolute atomic E-state index is 0.117. The van der Waals surface area contributed by atoms with Gasteiger partial charge in [0.15, 0.2) is 0 Å². The van der Waals surface area contributed by atoms with Crippen molar-refractivity contribution in [2.24, 2.45) is 5.10 Å². The van der Waals surface area contributed by atoms with Crippen molar-refractivity contribution < 1.29 is 4.79 Å². The second-order valence-electron chi connectivity index (χ2n) is 5.50. The number of imidazole rings is 1. The third-order valence-corrected chi connectivity index (χ3v) is 3.93. The number of rotatable bonds is 2. The summed E-state index contributed by atoms with van der Waals surface area (Å²) in [6.45, 7) is 7.81. The highest BCUT2D eigenvalue weighted by atomic mass is 16.2. The van der Waals surface area contributed by atoms with E-state index in [-0.39, 0.29) is 5.91 Å². The standard InChI is InChI=1S/C17H18N4O/c1-11-5-6-15(9-12(11)2)21-17(22)16(13(3)19-21)10-20-8-7-18-14(20)4/h5-10H,1-4H3. The molecule has 1 aromatic carbocycles. The van der Waals surface area contributed by atoms with Gasteiger partial charge in [0.25, 0.3) is 5.91 Å². The minimum atomic E-state index is -0.117. The van der Waals surface area contributed by atoms with Gasteiger partial charge in [-0.3, -0.25) is 4.79 Å². The largest absolute Gasteiger partial charge is 0.310 e. The molecule has 0 unspecified atom stereocenters. The molecule has 1 aromatic heterocycles. The Balaban J connectivity index is 1.98. The average molecular weight is 294 g/mol. The molecule has 2 heterocycles. The maximum Gasteiger partial charge on any atom is 0.282 e. The number of amides is 1. The van der Waals surface area contributed by atoms with E-state index in [1.807, 2.05) is 56.7 Å². The third kappa shape index (κ3) is 2.35. The van der Waals surface area contributed by atoms with E-state index in [0.717, 1.165) is 17.1 Å². The summed E-state index contributed by atoms with van der Waals surface area (Å²) in [6, 6.07) is 5.91. The van der Waals surface area contributed by atoms with E-state index in [2.05, 4.69) is 10.1 Å². The minimum Gasteiger partial charge on any atom is -0.310 e. The fourth-order valence-corrected chi connectivity index (χ4v) is 2.36. The third-order valence-electron chi connectivity index (χ3n) is 3.93. The first kappa shape index (κ1) is 14.3. The molecule has 0 aliphatic carbocycles. The van der Waals surface area contributed by atoms with Gasteiger partial charge in [-0.2, -0.15) is 10.1 Å². The number of hydrogen-bond donors (Lipinski definition) is 0. The Morgan fingerprint density at radius 3 is 2.50 bits per heavy atom. The molecule has 0 bridgehead atoms. The molecule has 2 aromatic rings. The summed E-state index contributed by atoms with van der Waals surface area (Å²) in [6.07, 6.45) is 5.31. The summed E-state index contributed by atoms with van der Waals surface area (Å²) in [7, 11) is 0. The molecule has 1 aliphatic heterocycles. The predicted octanol–water partition coefficient (Wildman–Crippen LogP) is 3.07. The first-order chi connectivity index (χ1) is 10.5. The molecule has 0 spiro atoms. The number of carbonyl (C=O) groups excluding carboxylic acids is 1. The number of hydrazone groups is 1. The van der Waals surface area contributed by atoms with E-state index >= 15 is 0 Å². The van der Waals surface area contributed by atoms with Gasteiger partial charge >= 0.3 is 0 Å². The van der Waals surface area contributed by atoms with Crippen molar-refractivity contribution in [1.29, 1.82) is 0 Å². The number of anilines is 1. The predicted molar refractivity (Wildman–Crippen MR) is 87.7 cm³/mol. The Morgan fingerprint density at radius 2 is 1.86 bits per heavy atom. The second-order valence-corrected chi connectivity index (χ2v) is 5.50. The molecular weight excluding hydrogens is 276 g/mol. The van der Waals surface area contributed by atoms with E-state index < -0.39 is 0 Å². The number of carbonyl (C=O) groups is 1. The first-order valence-electron chi connectivity index (χ1n) is 7.16. The molecule has 22 heavy (non-hydrogen) atoms. The zero-order valence-electron chi connectivity index (χ0n) is 13.2. The van der Waals surface area contributed by atoms with Crippen molar-refractivity contribution in [3.8, 4) is 0 Å². The Kier molecular flexibility index (Phi) is 3.41. The molecule has 3 rings (SSSR count). The lowest BCUT2D eigenvalue weighted by Gasteiger charge is -2.13. The Bertz CT molecular complexity index is 814. The molecule has 0 atom stereocenters. The summed E-state index contributed by atoms with van der Waals surface area (Å²) < 4.78 is 1.83. The highest BCUT2D eigenvalue weighted by Gasteiger charge is 2.29. The van der Waals surface area contributed by atoms with Gasteiger partial charge < -0.3 is 4.57 Å². The Hall–Kier alpha value is -2.69. The van der Waals surface area contributed by atoms with Gasteiger partial charge in [-0.1, -0.05) is 6.07 Å². The zero-order chi connectivity index (χ0) is 15.9. The summed E-state index contributed by atoms with van der Waals surface area (Å²) in [5.41, 5.74) is 4.41. The molecule has 0 saturated heterocycles. The molecule has 0 fully saturated rings. The number of benzene rings is 1. The van der Waals surface area contributed by atoms with E-state index in [4.69, 9.17) is 0 Å². The van der Waals surface area contributed by atoms with Crippen molar-refractivity contribution >= 4 is 23.5 Å². The zero-order valence-corrected chi connectivity index (χ0v) is 13.2. The van der Waals surface area contributed by atoms with Crippen LogP contribution < -0.4 is 5.01 Å². The maximum atomic E-state index is 12.7. The van der Waals surface area contributed by atoms with E-state index in [1.165, 1.54) is 10.6 Å². The monoisotopic (exact) mass is 294 g/mol. The van der Waals surface area contributed by atoms with Crippen molar-refractivity contribution in [2.75, 3.05) is 5.01 Å². The summed E-state index contributed by atoms with van der Waals surface area (Å²) in [4.78, 5) is 16.8. The number of aromatic nitrogens is 2. The van der Waals surface area contributed by atoms with Crippen LogP contribution >= 0.6 is 0 Å². The van der Waals surface area contributed by atoms with Crippen LogP contribution in [0.15, 0.2) is 41.3 Å². The maximum absolute atomic E-state index is 12.7. The van der Waals surface area contributed by atoms with Gasteiger partial charge in [0.05, 0.1) is 17.0 Å². The lowest BCUT2D eigenvalue weighted by molar-refractivity contribution is -0.114. The first-order valence-corrected chi connectivity index (χ1v) is 7.16. The number of aryl methyl sites for hydroxylation is 3. The fourth-order valence-electron chi connectivity index (χ4n) is 2.36. The van der Waals surface area contributed by atoms with Crippen LogP contribution in [0.25, 0.3) is 6.20 Å². The number of hydrogen-bond acceptors (Lipinski definition) is 3. The van der Waals surface area contributed by atoms with Crippen molar-refractivity contribution in [1.82, 2.24) is 9.55 Å². The smallest absolute Gasteiger partial charge is 0.282 e. The molecule has 112 valence electrons. The molecule has 5 nitrogen and oxygen atoms in total. The van der Waals surface area contributed by atoms with E-state index in [0.29, 0.717) is 11.3 Å². The summed E-state index contributed by atoms with van der Waals surface area (Å²) in [5.74, 6) is 0.714. The molecule has 0 saturated carbocycles. The van der Waals surface area contributed by atoms with Crippen LogP contribution in [0.1, 0.15) is 23.9 Å². The normalized spacial score (nSPS) is 16.5. The van der Waals surface area contributed by atoms with Crippen LogP contribution in [-0.4, -0.2) is 21.2 Å². The van der Waals surface area contributed by atoms with Crippen molar-refractivity contribution in [3.63, 3.8) is 0 Å². The fraction of sp³-hybridized carbons (Fsp3) is 0.235. The van der Waals surface area contributed by atoms with Crippen LogP contribution in [0, 0.1) is 20.8 Å². The highest BCUT2D eigenvalue weighted by molar-refractivity contribution is 6.31. The van der Waals surface area contributed by atoms with Gasteiger partial charge in [0.1, 0.15) is 5.82 Å². The SMILES string of the molecule is CC1=NN(c2ccc(C)c(C)c2)C(=O)C1=Cn1ccnc1C. The molecule has 1 aliphatic rings. The van der Waals surface area contributed by atoms with Gasteiger partial charge in [-0.25, -0.2) is 4.98 Å². The van der Waals surface area contributed by atoms with Crippen molar-refractivity contribution in [3.05, 3.63) is 53.1 Å². The average Bonchev–Trinajstić information content (AvgIpc) is 3.00. The van der Waals surface area contributed by atoms with Crippen LogP contribution in [0.3, 0.4) is 0 Å². The highest BCUT2D eigenvalue weighted by Crippen LogP contribution is 2.26.